The Morgan fingerprint density at radius 1 is 1.20 bits per heavy atom. The lowest BCUT2D eigenvalue weighted by Crippen LogP contribution is -2.23. The van der Waals surface area contributed by atoms with E-state index in [4.69, 9.17) is 5.26 Å². The van der Waals surface area contributed by atoms with Crippen LogP contribution in [-0.2, 0) is 0 Å². The highest BCUT2D eigenvalue weighted by Gasteiger charge is 2.05. The average Bonchev–Trinajstić information content (AvgIpc) is 2.49. The summed E-state index contributed by atoms with van der Waals surface area (Å²) in [6.45, 7) is 5.98. The minimum Gasteiger partial charge on any atom is -0.357 e. The molecule has 0 saturated carbocycles. The molecule has 0 aliphatic rings. The van der Waals surface area contributed by atoms with E-state index in [9.17, 15) is 0 Å². The molecule has 0 amide bonds. The van der Waals surface area contributed by atoms with Crippen LogP contribution in [0.4, 0.5) is 17.3 Å². The van der Waals surface area contributed by atoms with Crippen molar-refractivity contribution in [2.45, 2.75) is 13.8 Å². The number of nitrogens with zero attached hydrogens (tertiary/aromatic N) is 4. The molecule has 0 radical (unpaired) electrons. The highest BCUT2D eigenvalue weighted by molar-refractivity contribution is 5.60. The maximum atomic E-state index is 8.90. The van der Waals surface area contributed by atoms with Gasteiger partial charge in [0.25, 0.3) is 0 Å². The predicted octanol–water partition coefficient (Wildman–Crippen LogP) is 2.94. The van der Waals surface area contributed by atoms with Crippen LogP contribution in [0.15, 0.2) is 36.7 Å². The summed E-state index contributed by atoms with van der Waals surface area (Å²) in [4.78, 5) is 10.6. The van der Waals surface area contributed by atoms with Crippen molar-refractivity contribution in [2.24, 2.45) is 0 Å². The first-order chi connectivity index (χ1) is 9.76. The van der Waals surface area contributed by atoms with Crippen LogP contribution in [0.1, 0.15) is 19.4 Å². The summed E-state index contributed by atoms with van der Waals surface area (Å²) in [6, 6.07) is 11.3. The highest BCUT2D eigenvalue weighted by Crippen LogP contribution is 2.19. The lowest BCUT2D eigenvalue weighted by Gasteiger charge is -2.19. The molecule has 0 unspecified atom stereocenters. The zero-order valence-corrected chi connectivity index (χ0v) is 11.7. The van der Waals surface area contributed by atoms with Crippen LogP contribution in [0.25, 0.3) is 0 Å². The molecule has 5 nitrogen and oxygen atoms in total. The van der Waals surface area contributed by atoms with Gasteiger partial charge in [0.1, 0.15) is 18.0 Å². The zero-order chi connectivity index (χ0) is 14.4. The van der Waals surface area contributed by atoms with E-state index in [1.807, 2.05) is 18.2 Å². The largest absolute Gasteiger partial charge is 0.357 e. The van der Waals surface area contributed by atoms with Gasteiger partial charge in [-0.05, 0) is 32.0 Å². The molecule has 0 aliphatic heterocycles. The molecule has 5 heteroatoms. The van der Waals surface area contributed by atoms with E-state index in [0.717, 1.165) is 30.4 Å². The van der Waals surface area contributed by atoms with Gasteiger partial charge < -0.3 is 10.2 Å². The Morgan fingerprint density at radius 2 is 2.00 bits per heavy atom. The molecule has 1 aromatic carbocycles. The second kappa shape index (κ2) is 6.53. The van der Waals surface area contributed by atoms with Crippen molar-refractivity contribution >= 4 is 17.3 Å². The second-order valence-electron chi connectivity index (χ2n) is 4.25. The fraction of sp³-hybridized carbons (Fsp3) is 0.267. The van der Waals surface area contributed by atoms with Crippen LogP contribution in [-0.4, -0.2) is 23.1 Å². The molecular weight excluding hydrogens is 250 g/mol. The SMILES string of the molecule is CCN(CC)c1cc(Nc2cccc(C#N)c2)ncn1. The average molecular weight is 267 g/mol. The Labute approximate surface area is 118 Å². The molecule has 102 valence electrons. The van der Waals surface area contributed by atoms with Gasteiger partial charge in [-0.15, -0.1) is 0 Å². The zero-order valence-electron chi connectivity index (χ0n) is 11.7. The lowest BCUT2D eigenvalue weighted by atomic mass is 10.2. The third-order valence-electron chi connectivity index (χ3n) is 3.00. The number of aromatic nitrogens is 2. The van der Waals surface area contributed by atoms with Crippen LogP contribution in [0, 0.1) is 11.3 Å². The summed E-state index contributed by atoms with van der Waals surface area (Å²) < 4.78 is 0. The molecule has 0 spiro atoms. The molecule has 1 heterocycles. The Hall–Kier alpha value is -2.61. The summed E-state index contributed by atoms with van der Waals surface area (Å²) in [7, 11) is 0. The van der Waals surface area contributed by atoms with E-state index in [-0.39, 0.29) is 0 Å². The predicted molar refractivity (Wildman–Crippen MR) is 80.0 cm³/mol. The number of hydrogen-bond acceptors (Lipinski definition) is 5. The minimum atomic E-state index is 0.619. The van der Waals surface area contributed by atoms with E-state index in [1.54, 1.807) is 18.5 Å². The van der Waals surface area contributed by atoms with Gasteiger partial charge >= 0.3 is 0 Å². The molecule has 2 aromatic rings. The maximum Gasteiger partial charge on any atom is 0.135 e. The Balaban J connectivity index is 2.21. The normalized spacial score (nSPS) is 9.85. The van der Waals surface area contributed by atoms with Gasteiger partial charge in [-0.2, -0.15) is 5.26 Å². The monoisotopic (exact) mass is 267 g/mol. The van der Waals surface area contributed by atoms with E-state index in [1.165, 1.54) is 0 Å². The number of benzene rings is 1. The van der Waals surface area contributed by atoms with Crippen molar-refractivity contribution < 1.29 is 0 Å². The summed E-state index contributed by atoms with van der Waals surface area (Å²) in [5, 5.41) is 12.1. The van der Waals surface area contributed by atoms with Gasteiger partial charge in [0.15, 0.2) is 0 Å². The number of rotatable bonds is 5. The molecule has 1 N–H and O–H groups in total. The van der Waals surface area contributed by atoms with Crippen LogP contribution in [0.2, 0.25) is 0 Å². The van der Waals surface area contributed by atoms with Crippen molar-refractivity contribution in [3.63, 3.8) is 0 Å². The standard InChI is InChI=1S/C15H17N5/c1-3-20(4-2)15-9-14(17-11-18-15)19-13-7-5-6-12(8-13)10-16/h5-9,11H,3-4H2,1-2H3,(H,17,18,19). The topological polar surface area (TPSA) is 64.8 Å². The minimum absolute atomic E-state index is 0.619. The van der Waals surface area contributed by atoms with Crippen molar-refractivity contribution in [1.82, 2.24) is 9.97 Å². The first kappa shape index (κ1) is 13.8. The first-order valence-corrected chi connectivity index (χ1v) is 6.61. The number of nitriles is 1. The van der Waals surface area contributed by atoms with Crippen molar-refractivity contribution in [3.05, 3.63) is 42.2 Å². The summed E-state index contributed by atoms with van der Waals surface area (Å²) in [5.41, 5.74) is 1.46. The van der Waals surface area contributed by atoms with Gasteiger partial charge in [-0.25, -0.2) is 9.97 Å². The van der Waals surface area contributed by atoms with Crippen molar-refractivity contribution in [1.29, 1.82) is 5.26 Å². The Kier molecular flexibility index (Phi) is 4.51. The second-order valence-corrected chi connectivity index (χ2v) is 4.25. The highest BCUT2D eigenvalue weighted by atomic mass is 15.2. The van der Waals surface area contributed by atoms with E-state index < -0.39 is 0 Å². The summed E-state index contributed by atoms with van der Waals surface area (Å²) in [5.74, 6) is 1.61. The summed E-state index contributed by atoms with van der Waals surface area (Å²) >= 11 is 0. The van der Waals surface area contributed by atoms with E-state index in [0.29, 0.717) is 5.56 Å². The first-order valence-electron chi connectivity index (χ1n) is 6.61. The molecule has 0 aliphatic carbocycles. The molecule has 0 fully saturated rings. The number of anilines is 3. The third kappa shape index (κ3) is 3.23. The van der Waals surface area contributed by atoms with Crippen molar-refractivity contribution in [3.8, 4) is 6.07 Å². The number of hydrogen-bond donors (Lipinski definition) is 1. The van der Waals surface area contributed by atoms with Crippen LogP contribution >= 0.6 is 0 Å². The van der Waals surface area contributed by atoms with Gasteiger partial charge in [-0.3, -0.25) is 0 Å². The van der Waals surface area contributed by atoms with E-state index in [2.05, 4.69) is 40.1 Å². The molecule has 0 atom stereocenters. The fourth-order valence-corrected chi connectivity index (χ4v) is 1.95. The van der Waals surface area contributed by atoms with Crippen LogP contribution in [0.3, 0.4) is 0 Å². The maximum absolute atomic E-state index is 8.90. The van der Waals surface area contributed by atoms with Gasteiger partial charge in [0.05, 0.1) is 11.6 Å². The van der Waals surface area contributed by atoms with Crippen LogP contribution in [0.5, 0.6) is 0 Å². The number of nitrogens with one attached hydrogen (secondary N) is 1. The van der Waals surface area contributed by atoms with Gasteiger partial charge in [0.2, 0.25) is 0 Å². The molecule has 0 saturated heterocycles. The smallest absolute Gasteiger partial charge is 0.135 e. The Morgan fingerprint density at radius 3 is 2.70 bits per heavy atom. The third-order valence-corrected chi connectivity index (χ3v) is 3.00. The molecule has 20 heavy (non-hydrogen) atoms. The molecule has 2 rings (SSSR count). The van der Waals surface area contributed by atoms with E-state index >= 15 is 0 Å². The van der Waals surface area contributed by atoms with Gasteiger partial charge in [-0.1, -0.05) is 6.07 Å². The lowest BCUT2D eigenvalue weighted by molar-refractivity contribution is 0.842. The molecule has 0 bridgehead atoms. The van der Waals surface area contributed by atoms with Gasteiger partial charge in [0, 0.05) is 24.8 Å². The quantitative estimate of drug-likeness (QED) is 0.902. The fourth-order valence-electron chi connectivity index (χ4n) is 1.95. The Bertz CT molecular complexity index is 614. The summed E-state index contributed by atoms with van der Waals surface area (Å²) in [6.07, 6.45) is 1.55. The van der Waals surface area contributed by atoms with Crippen molar-refractivity contribution in [2.75, 3.05) is 23.3 Å². The molecule has 1 aromatic heterocycles. The van der Waals surface area contributed by atoms with Crippen LogP contribution < -0.4 is 10.2 Å². The molecular formula is C15H17N5.